The van der Waals surface area contributed by atoms with Gasteiger partial charge < -0.3 is 15.0 Å². The summed E-state index contributed by atoms with van der Waals surface area (Å²) in [5, 5.41) is 1.29. The van der Waals surface area contributed by atoms with E-state index in [2.05, 4.69) is 29.2 Å². The number of hydrogen-bond acceptors (Lipinski definition) is 3. The summed E-state index contributed by atoms with van der Waals surface area (Å²) in [4.78, 5) is 1.25. The van der Waals surface area contributed by atoms with Gasteiger partial charge in [-0.05, 0) is 37.3 Å². The molecule has 0 atom stereocenters. The Morgan fingerprint density at radius 3 is 2.89 bits per heavy atom. The van der Waals surface area contributed by atoms with Crippen molar-refractivity contribution in [1.29, 1.82) is 0 Å². The van der Waals surface area contributed by atoms with Crippen LogP contribution < -0.4 is 5.73 Å². The van der Waals surface area contributed by atoms with Crippen LogP contribution in [0.3, 0.4) is 0 Å². The molecule has 0 aliphatic carbocycles. The molecule has 0 bridgehead atoms. The number of hydrogen-bond donors (Lipinski definition) is 1. The number of anilines is 1. The van der Waals surface area contributed by atoms with Crippen molar-refractivity contribution in [3.8, 4) is 0 Å². The largest absolute Gasteiger partial charge is 0.399 e. The molecule has 3 nitrogen and oxygen atoms in total. The van der Waals surface area contributed by atoms with Crippen LogP contribution in [0.5, 0.6) is 0 Å². The molecule has 1 aromatic carbocycles. The second-order valence-corrected chi connectivity index (χ2v) is 5.21. The number of nitrogens with two attached hydrogens (primary N) is 1. The molecule has 0 spiro atoms. The first-order valence-electron chi connectivity index (χ1n) is 6.17. The Morgan fingerprint density at radius 2 is 2.17 bits per heavy atom. The van der Waals surface area contributed by atoms with Crippen LogP contribution in [0.15, 0.2) is 29.3 Å². The third-order valence-corrected chi connectivity index (χ3v) is 3.87. The third-order valence-electron chi connectivity index (χ3n) is 3.09. The van der Waals surface area contributed by atoms with Crippen molar-refractivity contribution in [3.63, 3.8) is 0 Å². The van der Waals surface area contributed by atoms with Crippen LogP contribution in [0.2, 0.25) is 0 Å². The molecule has 0 unspecified atom stereocenters. The van der Waals surface area contributed by atoms with Gasteiger partial charge in [0.25, 0.3) is 0 Å². The Bertz CT molecular complexity index is 522. The van der Waals surface area contributed by atoms with Crippen LogP contribution >= 0.6 is 11.8 Å². The Balaban J connectivity index is 2.21. The van der Waals surface area contributed by atoms with Gasteiger partial charge in [0, 0.05) is 42.4 Å². The number of aromatic nitrogens is 1. The van der Waals surface area contributed by atoms with Gasteiger partial charge in [0.05, 0.1) is 5.52 Å². The molecular formula is C14H20N2OS. The lowest BCUT2D eigenvalue weighted by Gasteiger charge is -2.07. The smallest absolute Gasteiger partial charge is 0.0512 e. The molecule has 0 radical (unpaired) electrons. The Labute approximate surface area is 112 Å². The first-order valence-corrected chi connectivity index (χ1v) is 7.40. The topological polar surface area (TPSA) is 40.2 Å². The highest BCUT2D eigenvalue weighted by Gasteiger charge is 2.06. The monoisotopic (exact) mass is 264 g/mol. The molecule has 0 saturated carbocycles. The number of nitrogens with zero attached hydrogens (tertiary/aromatic N) is 1. The average molecular weight is 264 g/mol. The highest BCUT2D eigenvalue weighted by atomic mass is 32.2. The molecule has 98 valence electrons. The van der Waals surface area contributed by atoms with Crippen LogP contribution in [0, 0.1) is 0 Å². The van der Waals surface area contributed by atoms with E-state index in [9.17, 15) is 0 Å². The van der Waals surface area contributed by atoms with E-state index in [1.807, 2.05) is 6.07 Å². The van der Waals surface area contributed by atoms with E-state index >= 15 is 0 Å². The van der Waals surface area contributed by atoms with E-state index in [1.165, 1.54) is 15.8 Å². The summed E-state index contributed by atoms with van der Waals surface area (Å²) in [6.07, 6.45) is 6.45. The van der Waals surface area contributed by atoms with E-state index in [0.29, 0.717) is 0 Å². The van der Waals surface area contributed by atoms with Crippen molar-refractivity contribution in [3.05, 3.63) is 24.4 Å². The van der Waals surface area contributed by atoms with Gasteiger partial charge in [-0.3, -0.25) is 0 Å². The molecule has 0 aliphatic heterocycles. The molecule has 0 amide bonds. The molecule has 2 rings (SSSR count). The van der Waals surface area contributed by atoms with E-state index in [-0.39, 0.29) is 0 Å². The van der Waals surface area contributed by atoms with Crippen LogP contribution in [-0.2, 0) is 11.3 Å². The van der Waals surface area contributed by atoms with E-state index in [4.69, 9.17) is 10.5 Å². The molecule has 4 heteroatoms. The van der Waals surface area contributed by atoms with Crippen molar-refractivity contribution >= 4 is 28.4 Å². The standard InChI is InChI=1S/C14H20N2OS/c1-17-8-4-3-6-16-7-5-12-13(16)9-11(15)10-14(12)18-2/h5,7,9-10H,3-4,6,8,15H2,1-2H3. The first-order chi connectivity index (χ1) is 8.76. The van der Waals surface area contributed by atoms with Crippen LogP contribution in [-0.4, -0.2) is 24.5 Å². The first kappa shape index (κ1) is 13.3. The van der Waals surface area contributed by atoms with E-state index in [0.717, 1.165) is 31.7 Å². The normalized spacial score (nSPS) is 11.2. The van der Waals surface area contributed by atoms with Crippen LogP contribution in [0.1, 0.15) is 12.8 Å². The highest BCUT2D eigenvalue weighted by Crippen LogP contribution is 2.30. The fraction of sp³-hybridized carbons (Fsp3) is 0.429. The maximum Gasteiger partial charge on any atom is 0.0512 e. The predicted molar refractivity (Wildman–Crippen MR) is 79.2 cm³/mol. The van der Waals surface area contributed by atoms with Crippen molar-refractivity contribution < 1.29 is 4.74 Å². The average Bonchev–Trinajstić information content (AvgIpc) is 2.77. The fourth-order valence-electron chi connectivity index (χ4n) is 2.18. The lowest BCUT2D eigenvalue weighted by Crippen LogP contribution is -1.99. The van der Waals surface area contributed by atoms with Gasteiger partial charge in [0.15, 0.2) is 0 Å². The zero-order valence-corrected chi connectivity index (χ0v) is 11.8. The minimum Gasteiger partial charge on any atom is -0.399 e. The summed E-state index contributed by atoms with van der Waals surface area (Å²) < 4.78 is 7.35. The minimum absolute atomic E-state index is 0.831. The number of benzene rings is 1. The molecule has 2 aromatic rings. The van der Waals surface area contributed by atoms with Crippen molar-refractivity contribution in [2.75, 3.05) is 25.7 Å². The number of unbranched alkanes of at least 4 members (excludes halogenated alkanes) is 1. The maximum atomic E-state index is 5.96. The van der Waals surface area contributed by atoms with Gasteiger partial charge in [-0.2, -0.15) is 0 Å². The number of aryl methyl sites for hydroxylation is 1. The Hall–Kier alpha value is -1.13. The van der Waals surface area contributed by atoms with Crippen molar-refractivity contribution in [2.45, 2.75) is 24.3 Å². The summed E-state index contributed by atoms with van der Waals surface area (Å²) in [5.41, 5.74) is 8.03. The summed E-state index contributed by atoms with van der Waals surface area (Å²) in [6.45, 7) is 1.85. The molecule has 1 aromatic heterocycles. The van der Waals surface area contributed by atoms with Gasteiger partial charge in [-0.25, -0.2) is 0 Å². The fourth-order valence-corrected chi connectivity index (χ4v) is 2.82. The second-order valence-electron chi connectivity index (χ2n) is 4.37. The summed E-state index contributed by atoms with van der Waals surface area (Å²) >= 11 is 1.74. The molecule has 0 fully saturated rings. The molecule has 1 heterocycles. The molecule has 2 N–H and O–H groups in total. The second kappa shape index (κ2) is 6.16. The lowest BCUT2D eigenvalue weighted by atomic mass is 10.2. The van der Waals surface area contributed by atoms with Crippen molar-refractivity contribution in [1.82, 2.24) is 4.57 Å². The van der Waals surface area contributed by atoms with Crippen LogP contribution in [0.25, 0.3) is 10.9 Å². The molecule has 0 saturated heterocycles. The number of ether oxygens (including phenoxy) is 1. The van der Waals surface area contributed by atoms with Crippen LogP contribution in [0.4, 0.5) is 5.69 Å². The zero-order chi connectivity index (χ0) is 13.0. The Morgan fingerprint density at radius 1 is 1.33 bits per heavy atom. The molecular weight excluding hydrogens is 244 g/mol. The van der Waals surface area contributed by atoms with Gasteiger partial charge in [-0.15, -0.1) is 11.8 Å². The minimum atomic E-state index is 0.831. The van der Waals surface area contributed by atoms with Crippen molar-refractivity contribution in [2.24, 2.45) is 0 Å². The van der Waals surface area contributed by atoms with Gasteiger partial charge in [0.2, 0.25) is 0 Å². The number of thioether (sulfide) groups is 1. The van der Waals surface area contributed by atoms with Gasteiger partial charge >= 0.3 is 0 Å². The molecule has 18 heavy (non-hydrogen) atoms. The molecule has 0 aliphatic rings. The lowest BCUT2D eigenvalue weighted by molar-refractivity contribution is 0.191. The number of fused-ring (bicyclic) bond motifs is 1. The Kier molecular flexibility index (Phi) is 4.55. The maximum absolute atomic E-state index is 5.96. The van der Waals surface area contributed by atoms with E-state index in [1.54, 1.807) is 18.9 Å². The number of nitrogen functional groups attached to an aromatic ring is 1. The third kappa shape index (κ3) is 2.82. The summed E-state index contributed by atoms with van der Waals surface area (Å²) in [7, 11) is 1.75. The quantitative estimate of drug-likeness (QED) is 0.494. The predicted octanol–water partition coefficient (Wildman–Crippen LogP) is 3.37. The zero-order valence-electron chi connectivity index (χ0n) is 11.0. The van der Waals surface area contributed by atoms with Gasteiger partial charge in [-0.1, -0.05) is 0 Å². The summed E-state index contributed by atoms with van der Waals surface area (Å²) in [6, 6.07) is 6.28. The van der Waals surface area contributed by atoms with E-state index < -0.39 is 0 Å². The SMILES string of the molecule is COCCCCn1ccc2c(SC)cc(N)cc21. The highest BCUT2D eigenvalue weighted by molar-refractivity contribution is 7.98. The van der Waals surface area contributed by atoms with Gasteiger partial charge in [0.1, 0.15) is 0 Å². The number of rotatable bonds is 6. The summed E-state index contributed by atoms with van der Waals surface area (Å²) in [5.74, 6) is 0. The number of methoxy groups -OCH3 is 1.